The molecule has 10 heteroatoms. The Morgan fingerprint density at radius 1 is 1.21 bits per heavy atom. The van der Waals surface area contributed by atoms with Gasteiger partial charge in [0.2, 0.25) is 5.91 Å². The van der Waals surface area contributed by atoms with Crippen LogP contribution in [-0.4, -0.2) is 70.8 Å². The van der Waals surface area contributed by atoms with E-state index in [1.807, 2.05) is 31.4 Å². The first kappa shape index (κ1) is 24.8. The highest BCUT2D eigenvalue weighted by Crippen LogP contribution is 2.30. The zero-order valence-corrected chi connectivity index (χ0v) is 20.0. The molecular weight excluding hydrogens is 440 g/mol. The van der Waals surface area contributed by atoms with E-state index in [0.29, 0.717) is 19.4 Å². The Bertz CT molecular complexity index is 1090. The summed E-state index contributed by atoms with van der Waals surface area (Å²) in [6, 6.07) is 5.52. The van der Waals surface area contributed by atoms with Crippen molar-refractivity contribution in [2.75, 3.05) is 39.2 Å². The fourth-order valence-electron chi connectivity index (χ4n) is 4.21. The number of carbonyl (C=O) groups excluding carboxylic acids is 1. The van der Waals surface area contributed by atoms with Crippen LogP contribution in [0.1, 0.15) is 24.0 Å². The fraction of sp³-hybridized carbons (Fsp3) is 0.435. The van der Waals surface area contributed by atoms with Crippen molar-refractivity contribution in [3.05, 3.63) is 41.9 Å². The average molecular weight is 473 g/mol. The number of nitrogens with zero attached hydrogens (tertiary/aromatic N) is 3. The lowest BCUT2D eigenvalue weighted by molar-refractivity contribution is -0.122. The van der Waals surface area contributed by atoms with Gasteiger partial charge in [0.1, 0.15) is 23.5 Å². The molecule has 3 aromatic rings. The third-order valence-corrected chi connectivity index (χ3v) is 5.82. The summed E-state index contributed by atoms with van der Waals surface area (Å²) in [7, 11) is 3.63. The predicted octanol–water partition coefficient (Wildman–Crippen LogP) is 2.11. The van der Waals surface area contributed by atoms with Gasteiger partial charge in [0.15, 0.2) is 0 Å². The van der Waals surface area contributed by atoms with Crippen LogP contribution in [0.15, 0.2) is 30.7 Å². The van der Waals surface area contributed by atoms with Crippen LogP contribution in [0, 0.1) is 0 Å². The molecule has 3 heterocycles. The van der Waals surface area contributed by atoms with Crippen molar-refractivity contribution in [3.8, 4) is 5.75 Å². The molecule has 4 rings (SSSR count). The number of nitrogens with one attached hydrogen (secondary N) is 3. The van der Waals surface area contributed by atoms with Crippen molar-refractivity contribution >= 4 is 41.9 Å². The van der Waals surface area contributed by atoms with Gasteiger partial charge in [-0.05, 0) is 62.2 Å². The van der Waals surface area contributed by atoms with Crippen LogP contribution in [0.4, 0.5) is 11.5 Å². The molecule has 0 unspecified atom stereocenters. The highest BCUT2D eigenvalue weighted by atomic mass is 32.1. The molecule has 1 atom stereocenters. The summed E-state index contributed by atoms with van der Waals surface area (Å²) in [5, 5.41) is 17.1. The molecule has 0 spiro atoms. The van der Waals surface area contributed by atoms with E-state index in [2.05, 4.69) is 30.5 Å². The Kier molecular flexibility index (Phi) is 8.54. The zero-order chi connectivity index (χ0) is 22.5. The van der Waals surface area contributed by atoms with Crippen LogP contribution in [-0.2, 0) is 17.6 Å². The average Bonchev–Trinajstić information content (AvgIpc) is 3.21. The number of aromatic amines is 1. The minimum absolute atomic E-state index is 0. The van der Waals surface area contributed by atoms with Gasteiger partial charge in [-0.1, -0.05) is 0 Å². The number of ether oxygens (including phenoxy) is 1. The van der Waals surface area contributed by atoms with Crippen LogP contribution < -0.4 is 15.4 Å². The van der Waals surface area contributed by atoms with Crippen LogP contribution in [0.25, 0.3) is 11.0 Å². The maximum absolute atomic E-state index is 12.5. The number of rotatable bonds is 2. The minimum atomic E-state index is -0.300. The van der Waals surface area contributed by atoms with Crippen molar-refractivity contribution in [2.45, 2.75) is 31.7 Å². The third kappa shape index (κ3) is 5.95. The Morgan fingerprint density at radius 2 is 2.06 bits per heavy atom. The standard InChI is InChI=1S/C23H30N6O3.H2S/c1-29-9-3-4-16-11-24-22-21(16)23(26-14-25-22)28-17-6-7-19(32-2)15(10-17)5-8-20(31)27-18(12-29)13-30;/h6-7,10-11,14,18,30H,3-5,8-9,12-13H2,1-2H3,(H,27,31)(H2,24,25,26,28);1H2/t18-;/m0./s1. The molecule has 0 saturated carbocycles. The normalized spacial score (nSPS) is 18.0. The lowest BCUT2D eigenvalue weighted by Gasteiger charge is -2.23. The molecule has 0 fully saturated rings. The maximum atomic E-state index is 12.5. The highest BCUT2D eigenvalue weighted by Gasteiger charge is 2.17. The van der Waals surface area contributed by atoms with Gasteiger partial charge >= 0.3 is 0 Å². The molecule has 1 aliphatic heterocycles. The molecule has 0 radical (unpaired) electrons. The molecule has 1 amide bonds. The highest BCUT2D eigenvalue weighted by molar-refractivity contribution is 7.59. The molecular formula is C23H32N6O3S. The number of methoxy groups -OCH3 is 1. The second kappa shape index (κ2) is 11.4. The molecule has 33 heavy (non-hydrogen) atoms. The van der Waals surface area contributed by atoms with E-state index in [1.54, 1.807) is 13.4 Å². The number of carbonyl (C=O) groups is 1. The number of benzene rings is 1. The van der Waals surface area contributed by atoms with Gasteiger partial charge in [-0.2, -0.15) is 13.5 Å². The van der Waals surface area contributed by atoms with Gasteiger partial charge in [-0.3, -0.25) is 4.79 Å². The third-order valence-electron chi connectivity index (χ3n) is 5.82. The molecule has 178 valence electrons. The lowest BCUT2D eigenvalue weighted by Crippen LogP contribution is -2.45. The van der Waals surface area contributed by atoms with E-state index in [4.69, 9.17) is 4.74 Å². The number of aliphatic hydroxyl groups is 1. The molecule has 0 saturated heterocycles. The second-order valence-corrected chi connectivity index (χ2v) is 8.22. The number of amides is 1. The topological polar surface area (TPSA) is 115 Å². The molecule has 0 aliphatic carbocycles. The number of fused-ring (bicyclic) bond motifs is 2. The van der Waals surface area contributed by atoms with E-state index in [9.17, 15) is 9.90 Å². The molecule has 1 aromatic carbocycles. The Hall–Kier alpha value is -2.82. The summed E-state index contributed by atoms with van der Waals surface area (Å²) in [5.74, 6) is 1.39. The first-order valence-corrected chi connectivity index (χ1v) is 10.9. The number of anilines is 2. The lowest BCUT2D eigenvalue weighted by atomic mass is 10.1. The number of H-pyrrole nitrogens is 1. The van der Waals surface area contributed by atoms with Crippen LogP contribution in [0.3, 0.4) is 0 Å². The van der Waals surface area contributed by atoms with Gasteiger partial charge in [-0.15, -0.1) is 0 Å². The number of aliphatic hydroxyl groups excluding tert-OH is 1. The van der Waals surface area contributed by atoms with E-state index in [1.165, 1.54) is 0 Å². The summed E-state index contributed by atoms with van der Waals surface area (Å²) in [6.45, 7) is 1.33. The number of hydrogen-bond acceptors (Lipinski definition) is 7. The largest absolute Gasteiger partial charge is 0.496 e. The van der Waals surface area contributed by atoms with Gasteiger partial charge in [0, 0.05) is 24.8 Å². The van der Waals surface area contributed by atoms with Gasteiger partial charge in [0.25, 0.3) is 0 Å². The van der Waals surface area contributed by atoms with E-state index in [0.717, 1.165) is 58.8 Å². The van der Waals surface area contributed by atoms with Crippen molar-refractivity contribution < 1.29 is 14.6 Å². The Labute approximate surface area is 200 Å². The SMILES string of the molecule is COc1ccc2cc1CCC(=O)N[C@H](CO)CN(C)CCCc1c[nH]c3ncnc(c13)N2.S. The van der Waals surface area contributed by atoms with Crippen molar-refractivity contribution in [1.82, 2.24) is 25.2 Å². The van der Waals surface area contributed by atoms with Crippen molar-refractivity contribution in [2.24, 2.45) is 0 Å². The van der Waals surface area contributed by atoms with Crippen LogP contribution >= 0.6 is 13.5 Å². The molecule has 4 N–H and O–H groups in total. The number of aryl methyl sites for hydroxylation is 2. The Morgan fingerprint density at radius 3 is 2.85 bits per heavy atom. The maximum Gasteiger partial charge on any atom is 0.220 e. The fourth-order valence-corrected chi connectivity index (χ4v) is 4.21. The second-order valence-electron chi connectivity index (χ2n) is 8.22. The smallest absolute Gasteiger partial charge is 0.220 e. The summed E-state index contributed by atoms with van der Waals surface area (Å²) in [4.78, 5) is 26.8. The minimum Gasteiger partial charge on any atom is -0.496 e. The number of hydrogen-bond donors (Lipinski definition) is 4. The number of likely N-dealkylation sites (N-methyl/N-ethyl adjacent to an activating group) is 1. The monoisotopic (exact) mass is 472 g/mol. The molecule has 1 aliphatic rings. The predicted molar refractivity (Wildman–Crippen MR) is 134 cm³/mol. The van der Waals surface area contributed by atoms with E-state index in [-0.39, 0.29) is 32.1 Å². The Balaban J connectivity index is 0.00000306. The summed E-state index contributed by atoms with van der Waals surface area (Å²) in [5.41, 5.74) is 3.74. The summed E-state index contributed by atoms with van der Waals surface area (Å²) in [6.07, 6.45) is 6.15. The summed E-state index contributed by atoms with van der Waals surface area (Å²) >= 11 is 0. The van der Waals surface area contributed by atoms with Crippen LogP contribution in [0.2, 0.25) is 0 Å². The molecule has 2 aromatic heterocycles. The number of aromatic nitrogens is 3. The van der Waals surface area contributed by atoms with Crippen LogP contribution in [0.5, 0.6) is 5.75 Å². The molecule has 2 bridgehead atoms. The molecule has 9 nitrogen and oxygen atoms in total. The first-order valence-electron chi connectivity index (χ1n) is 10.9. The quantitative estimate of drug-likeness (QED) is 0.452. The van der Waals surface area contributed by atoms with Gasteiger partial charge in [-0.25, -0.2) is 9.97 Å². The first-order chi connectivity index (χ1) is 15.6. The van der Waals surface area contributed by atoms with Gasteiger partial charge in [0.05, 0.1) is 25.1 Å². The van der Waals surface area contributed by atoms with E-state index >= 15 is 0 Å². The van der Waals surface area contributed by atoms with E-state index < -0.39 is 0 Å². The zero-order valence-electron chi connectivity index (χ0n) is 19.0. The van der Waals surface area contributed by atoms with Crippen molar-refractivity contribution in [1.29, 1.82) is 0 Å². The summed E-state index contributed by atoms with van der Waals surface area (Å²) < 4.78 is 5.50. The van der Waals surface area contributed by atoms with Crippen molar-refractivity contribution in [3.63, 3.8) is 0 Å². The van der Waals surface area contributed by atoms with Gasteiger partial charge < -0.3 is 30.4 Å².